The molecule has 0 amide bonds. The van der Waals surface area contributed by atoms with Gasteiger partial charge in [0.15, 0.2) is 0 Å². The number of aromatic nitrogens is 3. The lowest BCUT2D eigenvalue weighted by Crippen LogP contribution is -2.14. The molecule has 1 aromatic heterocycles. The van der Waals surface area contributed by atoms with E-state index in [1.54, 1.807) is 19.1 Å². The number of nitrogens with one attached hydrogen (secondary N) is 2. The molecule has 0 aliphatic carbocycles. The average molecular weight is 310 g/mol. The zero-order chi connectivity index (χ0) is 15.5. The largest absolute Gasteiger partial charge is 0.493 e. The molecule has 1 heterocycles. The fourth-order valence-corrected chi connectivity index (χ4v) is 2.49. The minimum atomic E-state index is -3.70. The highest BCUT2D eigenvalue weighted by Gasteiger charge is 2.16. The van der Waals surface area contributed by atoms with E-state index >= 15 is 0 Å². The number of anilines is 1. The van der Waals surface area contributed by atoms with Gasteiger partial charge in [-0.3, -0.25) is 5.10 Å². The third kappa shape index (κ3) is 4.19. The van der Waals surface area contributed by atoms with Gasteiger partial charge in [-0.1, -0.05) is 13.8 Å². The van der Waals surface area contributed by atoms with E-state index in [9.17, 15) is 8.42 Å². The van der Waals surface area contributed by atoms with Crippen molar-refractivity contribution in [1.82, 2.24) is 15.2 Å². The van der Waals surface area contributed by atoms with Crippen molar-refractivity contribution in [3.05, 3.63) is 30.1 Å². The van der Waals surface area contributed by atoms with Crippen LogP contribution in [0, 0.1) is 12.8 Å². The van der Waals surface area contributed by atoms with Crippen LogP contribution in [0.25, 0.3) is 0 Å². The summed E-state index contributed by atoms with van der Waals surface area (Å²) in [5.41, 5.74) is 0. The summed E-state index contributed by atoms with van der Waals surface area (Å²) in [6.07, 6.45) is 0. The molecule has 0 saturated heterocycles. The standard InChI is InChI=1S/C13H18N4O3S/c1-9(2)8-20-11-4-6-12(7-5-11)21(18,19)17-13-14-10(3)15-16-13/h4-7,9H,8H2,1-3H3,(H2,14,15,16,17). The van der Waals surface area contributed by atoms with Crippen molar-refractivity contribution in [2.24, 2.45) is 5.92 Å². The van der Waals surface area contributed by atoms with Crippen LogP contribution in [-0.4, -0.2) is 30.2 Å². The van der Waals surface area contributed by atoms with E-state index in [4.69, 9.17) is 4.74 Å². The molecule has 0 saturated carbocycles. The Morgan fingerprint density at radius 1 is 1.29 bits per heavy atom. The van der Waals surface area contributed by atoms with E-state index in [0.717, 1.165) is 0 Å². The van der Waals surface area contributed by atoms with Gasteiger partial charge in [0.05, 0.1) is 11.5 Å². The number of rotatable bonds is 6. The van der Waals surface area contributed by atoms with Gasteiger partial charge in [0.2, 0.25) is 0 Å². The maximum atomic E-state index is 12.1. The van der Waals surface area contributed by atoms with Crippen molar-refractivity contribution in [3.8, 4) is 5.75 Å². The Labute approximate surface area is 123 Å². The molecule has 0 atom stereocenters. The summed E-state index contributed by atoms with van der Waals surface area (Å²) in [5.74, 6) is 1.60. The molecule has 114 valence electrons. The Balaban J connectivity index is 2.09. The number of ether oxygens (including phenoxy) is 1. The van der Waals surface area contributed by atoms with Gasteiger partial charge in [0, 0.05) is 0 Å². The zero-order valence-electron chi connectivity index (χ0n) is 12.1. The van der Waals surface area contributed by atoms with E-state index in [1.165, 1.54) is 12.1 Å². The van der Waals surface area contributed by atoms with Gasteiger partial charge in [0.25, 0.3) is 16.0 Å². The normalized spacial score (nSPS) is 11.6. The highest BCUT2D eigenvalue weighted by molar-refractivity contribution is 7.92. The molecule has 2 N–H and O–H groups in total. The lowest BCUT2D eigenvalue weighted by Gasteiger charge is -2.09. The van der Waals surface area contributed by atoms with Gasteiger partial charge in [-0.05, 0) is 37.1 Å². The summed E-state index contributed by atoms with van der Waals surface area (Å²) in [4.78, 5) is 4.03. The van der Waals surface area contributed by atoms with Gasteiger partial charge in [0.1, 0.15) is 11.6 Å². The molecule has 2 aromatic rings. The monoisotopic (exact) mass is 310 g/mol. The minimum Gasteiger partial charge on any atom is -0.493 e. The maximum absolute atomic E-state index is 12.1. The Hall–Kier alpha value is -2.09. The molecule has 0 radical (unpaired) electrons. The molecule has 0 aliphatic heterocycles. The third-order valence-corrected chi connectivity index (χ3v) is 3.88. The number of sulfonamides is 1. The molecular weight excluding hydrogens is 292 g/mol. The molecule has 7 nitrogen and oxygen atoms in total. The first-order valence-corrected chi connectivity index (χ1v) is 8.00. The molecule has 0 bridgehead atoms. The Bertz CT molecular complexity index is 692. The van der Waals surface area contributed by atoms with Gasteiger partial charge >= 0.3 is 0 Å². The van der Waals surface area contributed by atoms with Crippen LogP contribution >= 0.6 is 0 Å². The lowest BCUT2D eigenvalue weighted by molar-refractivity contribution is 0.271. The van der Waals surface area contributed by atoms with Crippen LogP contribution in [0.4, 0.5) is 5.95 Å². The number of aromatic amines is 1. The molecule has 0 unspecified atom stereocenters. The number of aryl methyl sites for hydroxylation is 1. The number of benzene rings is 1. The summed E-state index contributed by atoms with van der Waals surface area (Å²) in [5, 5.41) is 6.31. The van der Waals surface area contributed by atoms with E-state index < -0.39 is 10.0 Å². The number of nitrogens with zero attached hydrogens (tertiary/aromatic N) is 2. The predicted octanol–water partition coefficient (Wildman–Crippen LogP) is 1.95. The Morgan fingerprint density at radius 2 is 1.95 bits per heavy atom. The number of H-pyrrole nitrogens is 1. The molecule has 8 heteroatoms. The SMILES string of the molecule is Cc1nc(NS(=O)(=O)c2ccc(OCC(C)C)cc2)n[nH]1. The Kier molecular flexibility index (Phi) is 4.46. The molecular formula is C13H18N4O3S. The van der Waals surface area contributed by atoms with Crippen LogP contribution < -0.4 is 9.46 Å². The molecule has 21 heavy (non-hydrogen) atoms. The first-order chi connectivity index (χ1) is 9.87. The van der Waals surface area contributed by atoms with Crippen LogP contribution in [0.1, 0.15) is 19.7 Å². The third-order valence-electron chi connectivity index (χ3n) is 2.54. The van der Waals surface area contributed by atoms with Crippen molar-refractivity contribution in [3.63, 3.8) is 0 Å². The van der Waals surface area contributed by atoms with Gasteiger partial charge in [-0.25, -0.2) is 13.1 Å². The van der Waals surface area contributed by atoms with Crippen LogP contribution in [0.2, 0.25) is 0 Å². The molecule has 0 spiro atoms. The van der Waals surface area contributed by atoms with Gasteiger partial charge in [-0.2, -0.15) is 4.98 Å². The lowest BCUT2D eigenvalue weighted by atomic mass is 10.2. The average Bonchev–Trinajstić information content (AvgIpc) is 2.81. The summed E-state index contributed by atoms with van der Waals surface area (Å²) in [6, 6.07) is 6.22. The summed E-state index contributed by atoms with van der Waals surface area (Å²) >= 11 is 0. The summed E-state index contributed by atoms with van der Waals surface area (Å²) < 4.78 is 32.1. The second-order valence-corrected chi connectivity index (χ2v) is 6.71. The summed E-state index contributed by atoms with van der Waals surface area (Å²) in [6.45, 7) is 6.36. The molecule has 2 rings (SSSR count). The van der Waals surface area contributed by atoms with E-state index in [0.29, 0.717) is 24.1 Å². The van der Waals surface area contributed by atoms with Crippen LogP contribution in [0.5, 0.6) is 5.75 Å². The second kappa shape index (κ2) is 6.13. The van der Waals surface area contributed by atoms with E-state index in [1.807, 2.05) is 13.8 Å². The van der Waals surface area contributed by atoms with Crippen molar-refractivity contribution >= 4 is 16.0 Å². The second-order valence-electron chi connectivity index (χ2n) is 5.03. The van der Waals surface area contributed by atoms with Crippen molar-refractivity contribution in [1.29, 1.82) is 0 Å². The minimum absolute atomic E-state index is 0.0210. The van der Waals surface area contributed by atoms with Gasteiger partial charge in [-0.15, -0.1) is 5.10 Å². The van der Waals surface area contributed by atoms with Crippen LogP contribution in [0.15, 0.2) is 29.2 Å². The fourth-order valence-electron chi connectivity index (χ4n) is 1.55. The smallest absolute Gasteiger partial charge is 0.264 e. The fraction of sp³-hybridized carbons (Fsp3) is 0.385. The quantitative estimate of drug-likeness (QED) is 0.850. The van der Waals surface area contributed by atoms with Crippen molar-refractivity contribution in [2.45, 2.75) is 25.7 Å². The number of hydrogen-bond donors (Lipinski definition) is 2. The highest BCUT2D eigenvalue weighted by Crippen LogP contribution is 2.18. The molecule has 0 fully saturated rings. The van der Waals surface area contributed by atoms with Crippen molar-refractivity contribution < 1.29 is 13.2 Å². The number of hydrogen-bond acceptors (Lipinski definition) is 5. The highest BCUT2D eigenvalue weighted by atomic mass is 32.2. The zero-order valence-corrected chi connectivity index (χ0v) is 12.9. The van der Waals surface area contributed by atoms with Crippen LogP contribution in [-0.2, 0) is 10.0 Å². The van der Waals surface area contributed by atoms with E-state index in [2.05, 4.69) is 19.9 Å². The first kappa shape index (κ1) is 15.3. The van der Waals surface area contributed by atoms with E-state index in [-0.39, 0.29) is 10.8 Å². The van der Waals surface area contributed by atoms with Crippen LogP contribution in [0.3, 0.4) is 0 Å². The first-order valence-electron chi connectivity index (χ1n) is 6.51. The maximum Gasteiger partial charge on any atom is 0.264 e. The molecule has 1 aromatic carbocycles. The van der Waals surface area contributed by atoms with Crippen molar-refractivity contribution in [2.75, 3.05) is 11.3 Å². The summed E-state index contributed by atoms with van der Waals surface area (Å²) in [7, 11) is -3.70. The topological polar surface area (TPSA) is 97.0 Å². The predicted molar refractivity (Wildman–Crippen MR) is 78.7 cm³/mol. The Morgan fingerprint density at radius 3 is 2.48 bits per heavy atom. The molecule has 0 aliphatic rings. The van der Waals surface area contributed by atoms with Gasteiger partial charge < -0.3 is 4.74 Å².